The van der Waals surface area contributed by atoms with Gasteiger partial charge in [0.05, 0.1) is 13.2 Å². The van der Waals surface area contributed by atoms with Crippen LogP contribution in [0.1, 0.15) is 12.0 Å². The van der Waals surface area contributed by atoms with E-state index in [0.717, 1.165) is 42.6 Å². The summed E-state index contributed by atoms with van der Waals surface area (Å²) < 4.78 is 11.0. The topological polar surface area (TPSA) is 18.5 Å². The van der Waals surface area contributed by atoms with Gasteiger partial charge in [0.1, 0.15) is 5.75 Å². The van der Waals surface area contributed by atoms with E-state index in [1.54, 1.807) is 0 Å². The van der Waals surface area contributed by atoms with Crippen molar-refractivity contribution in [2.45, 2.75) is 13.3 Å². The molecule has 1 heterocycles. The molecule has 1 aromatic carbocycles. The van der Waals surface area contributed by atoms with Crippen molar-refractivity contribution in [2.75, 3.05) is 19.8 Å². The van der Waals surface area contributed by atoms with Crippen LogP contribution in [0.25, 0.3) is 0 Å². The lowest BCUT2D eigenvalue weighted by atomic mass is 10.1. The lowest BCUT2D eigenvalue weighted by Gasteiger charge is -2.12. The molecule has 3 heteroatoms. The Morgan fingerprint density at radius 3 is 3.13 bits per heavy atom. The Morgan fingerprint density at radius 1 is 1.53 bits per heavy atom. The predicted octanol–water partition coefficient (Wildman–Crippen LogP) is 3.06. The zero-order chi connectivity index (χ0) is 10.7. The summed E-state index contributed by atoms with van der Waals surface area (Å²) in [5.41, 5.74) is 1.12. The minimum atomic E-state index is 0.531. The summed E-state index contributed by atoms with van der Waals surface area (Å²) in [4.78, 5) is 0. The second kappa shape index (κ2) is 4.86. The van der Waals surface area contributed by atoms with Crippen LogP contribution in [-0.2, 0) is 4.74 Å². The molecule has 0 radical (unpaired) electrons. The minimum absolute atomic E-state index is 0.531. The van der Waals surface area contributed by atoms with E-state index in [4.69, 9.17) is 21.1 Å². The minimum Gasteiger partial charge on any atom is -0.493 e. The largest absolute Gasteiger partial charge is 0.493 e. The first-order valence-electron chi connectivity index (χ1n) is 5.22. The van der Waals surface area contributed by atoms with Crippen molar-refractivity contribution >= 4 is 11.6 Å². The standard InChI is InChI=1S/C12H15ClO2/c1-9-2-3-11(13)6-12(9)15-8-10-4-5-14-7-10/h2-3,6,10H,4-5,7-8H2,1H3. The molecular weight excluding hydrogens is 212 g/mol. The van der Waals surface area contributed by atoms with Crippen molar-refractivity contribution in [1.82, 2.24) is 0 Å². The van der Waals surface area contributed by atoms with Crippen LogP contribution < -0.4 is 4.74 Å². The Bertz CT molecular complexity index is 332. The highest BCUT2D eigenvalue weighted by Crippen LogP contribution is 2.24. The number of aryl methyl sites for hydroxylation is 1. The number of rotatable bonds is 3. The summed E-state index contributed by atoms with van der Waals surface area (Å²) in [5, 5.41) is 0.721. The summed E-state index contributed by atoms with van der Waals surface area (Å²) in [5.74, 6) is 1.41. The third-order valence-electron chi connectivity index (χ3n) is 2.65. The molecule has 0 aliphatic carbocycles. The van der Waals surface area contributed by atoms with Gasteiger partial charge in [-0.15, -0.1) is 0 Å². The summed E-state index contributed by atoms with van der Waals surface area (Å²) in [6.45, 7) is 4.43. The van der Waals surface area contributed by atoms with E-state index >= 15 is 0 Å². The van der Waals surface area contributed by atoms with E-state index < -0.39 is 0 Å². The zero-order valence-corrected chi connectivity index (χ0v) is 9.59. The van der Waals surface area contributed by atoms with Crippen molar-refractivity contribution in [1.29, 1.82) is 0 Å². The molecule has 1 aliphatic rings. The first-order valence-corrected chi connectivity index (χ1v) is 5.60. The van der Waals surface area contributed by atoms with Gasteiger partial charge in [0.25, 0.3) is 0 Å². The molecule has 0 N–H and O–H groups in total. The molecule has 1 atom stereocenters. The molecule has 1 unspecified atom stereocenters. The average Bonchev–Trinajstić information content (AvgIpc) is 2.72. The molecule has 1 fully saturated rings. The highest BCUT2D eigenvalue weighted by molar-refractivity contribution is 6.30. The van der Waals surface area contributed by atoms with Crippen LogP contribution >= 0.6 is 11.6 Å². The molecule has 0 amide bonds. The van der Waals surface area contributed by atoms with E-state index in [9.17, 15) is 0 Å². The van der Waals surface area contributed by atoms with Crippen LogP contribution in [0.4, 0.5) is 0 Å². The SMILES string of the molecule is Cc1ccc(Cl)cc1OCC1CCOC1. The van der Waals surface area contributed by atoms with Crippen LogP contribution in [0.15, 0.2) is 18.2 Å². The van der Waals surface area contributed by atoms with Gasteiger partial charge >= 0.3 is 0 Å². The first-order chi connectivity index (χ1) is 7.25. The zero-order valence-electron chi connectivity index (χ0n) is 8.83. The van der Waals surface area contributed by atoms with Crippen molar-refractivity contribution in [3.05, 3.63) is 28.8 Å². The normalized spacial score (nSPS) is 20.5. The average molecular weight is 227 g/mol. The lowest BCUT2D eigenvalue weighted by Crippen LogP contribution is -2.12. The fraction of sp³-hybridized carbons (Fsp3) is 0.500. The fourth-order valence-corrected chi connectivity index (χ4v) is 1.81. The van der Waals surface area contributed by atoms with Crippen molar-refractivity contribution in [2.24, 2.45) is 5.92 Å². The molecular formula is C12H15ClO2. The highest BCUT2D eigenvalue weighted by atomic mass is 35.5. The van der Waals surface area contributed by atoms with E-state index in [2.05, 4.69) is 0 Å². The van der Waals surface area contributed by atoms with E-state index in [0.29, 0.717) is 5.92 Å². The molecule has 1 aromatic rings. The van der Waals surface area contributed by atoms with E-state index in [-0.39, 0.29) is 0 Å². The van der Waals surface area contributed by atoms with Crippen LogP contribution in [-0.4, -0.2) is 19.8 Å². The number of halogens is 1. The molecule has 0 bridgehead atoms. The van der Waals surface area contributed by atoms with Crippen LogP contribution in [0.3, 0.4) is 0 Å². The molecule has 1 aliphatic heterocycles. The molecule has 0 saturated carbocycles. The monoisotopic (exact) mass is 226 g/mol. The Hall–Kier alpha value is -0.730. The molecule has 1 saturated heterocycles. The number of hydrogen-bond donors (Lipinski definition) is 0. The molecule has 0 spiro atoms. The van der Waals surface area contributed by atoms with Gasteiger partial charge in [-0.25, -0.2) is 0 Å². The van der Waals surface area contributed by atoms with Crippen molar-refractivity contribution in [3.63, 3.8) is 0 Å². The van der Waals surface area contributed by atoms with Crippen LogP contribution in [0, 0.1) is 12.8 Å². The van der Waals surface area contributed by atoms with E-state index in [1.165, 1.54) is 0 Å². The van der Waals surface area contributed by atoms with Crippen LogP contribution in [0.2, 0.25) is 5.02 Å². The number of benzene rings is 1. The van der Waals surface area contributed by atoms with Crippen molar-refractivity contribution in [3.8, 4) is 5.75 Å². The molecule has 2 rings (SSSR count). The summed E-state index contributed by atoms with van der Waals surface area (Å²) in [7, 11) is 0. The maximum absolute atomic E-state index is 5.91. The number of ether oxygens (including phenoxy) is 2. The lowest BCUT2D eigenvalue weighted by molar-refractivity contribution is 0.167. The van der Waals surface area contributed by atoms with Gasteiger partial charge in [0, 0.05) is 17.5 Å². The van der Waals surface area contributed by atoms with Gasteiger partial charge < -0.3 is 9.47 Å². The third-order valence-corrected chi connectivity index (χ3v) is 2.88. The second-order valence-electron chi connectivity index (χ2n) is 3.95. The maximum Gasteiger partial charge on any atom is 0.123 e. The Labute approximate surface area is 95.1 Å². The number of hydrogen-bond acceptors (Lipinski definition) is 2. The van der Waals surface area contributed by atoms with Gasteiger partial charge in [0.2, 0.25) is 0 Å². The van der Waals surface area contributed by atoms with Gasteiger partial charge in [-0.1, -0.05) is 17.7 Å². The van der Waals surface area contributed by atoms with Gasteiger partial charge in [0.15, 0.2) is 0 Å². The highest BCUT2D eigenvalue weighted by Gasteiger charge is 2.16. The molecule has 0 aromatic heterocycles. The molecule has 2 nitrogen and oxygen atoms in total. The second-order valence-corrected chi connectivity index (χ2v) is 4.39. The first kappa shape index (κ1) is 10.8. The maximum atomic E-state index is 5.91. The van der Waals surface area contributed by atoms with Gasteiger partial charge in [-0.2, -0.15) is 0 Å². The Balaban J connectivity index is 1.94. The summed E-state index contributed by atoms with van der Waals surface area (Å²) >= 11 is 5.91. The van der Waals surface area contributed by atoms with Crippen molar-refractivity contribution < 1.29 is 9.47 Å². The van der Waals surface area contributed by atoms with E-state index in [1.807, 2.05) is 25.1 Å². The Kier molecular flexibility index (Phi) is 3.49. The molecule has 15 heavy (non-hydrogen) atoms. The third kappa shape index (κ3) is 2.86. The summed E-state index contributed by atoms with van der Waals surface area (Å²) in [6.07, 6.45) is 1.10. The smallest absolute Gasteiger partial charge is 0.123 e. The Morgan fingerprint density at radius 2 is 2.40 bits per heavy atom. The summed E-state index contributed by atoms with van der Waals surface area (Å²) in [6, 6.07) is 5.72. The molecule has 82 valence electrons. The van der Waals surface area contributed by atoms with Gasteiger partial charge in [-0.3, -0.25) is 0 Å². The fourth-order valence-electron chi connectivity index (χ4n) is 1.65. The van der Waals surface area contributed by atoms with Crippen LogP contribution in [0.5, 0.6) is 5.75 Å². The predicted molar refractivity (Wildman–Crippen MR) is 60.6 cm³/mol. The van der Waals surface area contributed by atoms with Gasteiger partial charge in [-0.05, 0) is 31.0 Å². The quantitative estimate of drug-likeness (QED) is 0.789.